The first kappa shape index (κ1) is 13.4. The van der Waals surface area contributed by atoms with Gasteiger partial charge in [-0.3, -0.25) is 16.3 Å². The fraction of sp³-hybridized carbons (Fsp3) is 0.267. The van der Waals surface area contributed by atoms with Crippen LogP contribution < -0.4 is 16.0 Å². The van der Waals surface area contributed by atoms with E-state index in [0.717, 1.165) is 23.6 Å². The monoisotopic (exact) mass is 287 g/mol. The summed E-state index contributed by atoms with van der Waals surface area (Å²) in [5, 5.41) is 0. The molecule has 0 aliphatic carbocycles. The van der Waals surface area contributed by atoms with E-state index >= 15 is 0 Å². The number of aromatic nitrogens is 1. The molecule has 1 aromatic carbocycles. The summed E-state index contributed by atoms with van der Waals surface area (Å²) in [4.78, 5) is 5.54. The second-order valence-corrected chi connectivity index (χ2v) is 5.77. The van der Waals surface area contributed by atoms with Gasteiger partial charge in [-0.1, -0.05) is 18.2 Å². The molecule has 2 unspecified atom stereocenters. The van der Waals surface area contributed by atoms with E-state index in [9.17, 15) is 0 Å². The Morgan fingerprint density at radius 2 is 2.15 bits per heavy atom. The first-order valence-corrected chi connectivity index (χ1v) is 7.60. The van der Waals surface area contributed by atoms with E-state index in [1.165, 1.54) is 4.90 Å². The molecule has 0 saturated carbocycles. The quantitative estimate of drug-likeness (QED) is 0.665. The number of hydrazine groups is 1. The number of fused-ring (bicyclic) bond motifs is 1. The summed E-state index contributed by atoms with van der Waals surface area (Å²) in [6.45, 7) is 0. The van der Waals surface area contributed by atoms with Gasteiger partial charge in [0.25, 0.3) is 0 Å². The van der Waals surface area contributed by atoms with Crippen LogP contribution in [-0.2, 0) is 6.42 Å². The van der Waals surface area contributed by atoms with Gasteiger partial charge in [0.1, 0.15) is 11.9 Å². The molecule has 104 valence electrons. The number of nitrogens with one attached hydrogen (secondary N) is 1. The first-order chi connectivity index (χ1) is 9.86. The zero-order chi connectivity index (χ0) is 13.8. The predicted molar refractivity (Wildman–Crippen MR) is 80.6 cm³/mol. The summed E-state index contributed by atoms with van der Waals surface area (Å²) in [6, 6.07) is 14.1. The van der Waals surface area contributed by atoms with Crippen LogP contribution in [0.5, 0.6) is 5.75 Å². The van der Waals surface area contributed by atoms with Gasteiger partial charge in [-0.05, 0) is 24.3 Å². The zero-order valence-corrected chi connectivity index (χ0v) is 11.8. The molecule has 0 bridgehead atoms. The third kappa shape index (κ3) is 2.95. The van der Waals surface area contributed by atoms with Crippen molar-refractivity contribution in [2.45, 2.75) is 23.5 Å². The second kappa shape index (κ2) is 6.26. The van der Waals surface area contributed by atoms with Crippen LogP contribution in [0.2, 0.25) is 0 Å². The number of nitrogens with zero attached hydrogens (tertiary/aromatic N) is 1. The van der Waals surface area contributed by atoms with Crippen LogP contribution in [0.25, 0.3) is 0 Å². The molecular formula is C15H17N3OS. The van der Waals surface area contributed by atoms with Gasteiger partial charge in [0, 0.05) is 29.0 Å². The molecule has 3 rings (SSSR count). The lowest BCUT2D eigenvalue weighted by Crippen LogP contribution is -2.50. The normalized spacial score (nSPS) is 18.9. The fourth-order valence-electron chi connectivity index (χ4n) is 2.28. The molecule has 4 nitrogen and oxygen atoms in total. The van der Waals surface area contributed by atoms with Gasteiger partial charge in [0.05, 0.1) is 6.04 Å². The lowest BCUT2D eigenvalue weighted by Gasteiger charge is -2.31. The first-order valence-electron chi connectivity index (χ1n) is 6.61. The van der Waals surface area contributed by atoms with Crippen LogP contribution in [0, 0.1) is 0 Å². The van der Waals surface area contributed by atoms with Crippen molar-refractivity contribution in [3.63, 3.8) is 0 Å². The Kier molecular flexibility index (Phi) is 4.20. The third-order valence-corrected chi connectivity index (χ3v) is 4.49. The van der Waals surface area contributed by atoms with Gasteiger partial charge in [-0.25, -0.2) is 0 Å². The van der Waals surface area contributed by atoms with Crippen molar-refractivity contribution < 1.29 is 4.74 Å². The highest BCUT2D eigenvalue weighted by Crippen LogP contribution is 2.35. The Balaban J connectivity index is 1.72. The van der Waals surface area contributed by atoms with Crippen molar-refractivity contribution in [1.29, 1.82) is 0 Å². The molecule has 0 amide bonds. The van der Waals surface area contributed by atoms with Crippen LogP contribution in [0.1, 0.15) is 5.69 Å². The Hall–Kier alpha value is -1.56. The van der Waals surface area contributed by atoms with Crippen LogP contribution in [0.15, 0.2) is 53.6 Å². The molecule has 1 aliphatic heterocycles. The Morgan fingerprint density at radius 3 is 2.95 bits per heavy atom. The number of thioether (sulfide) groups is 1. The SMILES string of the molecule is NNC(Cc1ccccn1)C1CSc2ccccc2O1. The Bertz CT molecular complexity index is 564. The maximum atomic E-state index is 6.07. The van der Waals surface area contributed by atoms with Crippen molar-refractivity contribution >= 4 is 11.8 Å². The third-order valence-electron chi connectivity index (χ3n) is 3.35. The van der Waals surface area contributed by atoms with Gasteiger partial charge >= 0.3 is 0 Å². The lowest BCUT2D eigenvalue weighted by molar-refractivity contribution is 0.165. The van der Waals surface area contributed by atoms with Gasteiger partial charge in [0.2, 0.25) is 0 Å². The minimum atomic E-state index is 0.0434. The number of nitrogens with two attached hydrogens (primary N) is 1. The largest absolute Gasteiger partial charge is 0.487 e. The van der Waals surface area contributed by atoms with Crippen molar-refractivity contribution in [1.82, 2.24) is 10.4 Å². The Labute approximate surface area is 122 Å². The number of hydrogen-bond acceptors (Lipinski definition) is 5. The van der Waals surface area contributed by atoms with E-state index in [-0.39, 0.29) is 12.1 Å². The maximum absolute atomic E-state index is 6.07. The molecule has 1 aliphatic rings. The van der Waals surface area contributed by atoms with E-state index in [1.54, 1.807) is 6.20 Å². The molecule has 0 saturated heterocycles. The minimum Gasteiger partial charge on any atom is -0.487 e. The number of para-hydroxylation sites is 1. The van der Waals surface area contributed by atoms with E-state index in [4.69, 9.17) is 10.6 Å². The fourth-order valence-corrected chi connectivity index (χ4v) is 3.35. The van der Waals surface area contributed by atoms with Crippen LogP contribution in [0.3, 0.4) is 0 Å². The van der Waals surface area contributed by atoms with Gasteiger partial charge in [-0.15, -0.1) is 11.8 Å². The zero-order valence-electron chi connectivity index (χ0n) is 11.0. The predicted octanol–water partition coefficient (Wildman–Crippen LogP) is 2.01. The van der Waals surface area contributed by atoms with Crippen molar-refractivity contribution in [3.05, 3.63) is 54.4 Å². The highest BCUT2D eigenvalue weighted by atomic mass is 32.2. The molecule has 1 aromatic heterocycles. The lowest BCUT2D eigenvalue weighted by atomic mass is 10.1. The number of ether oxygens (including phenoxy) is 1. The van der Waals surface area contributed by atoms with Crippen molar-refractivity contribution in [3.8, 4) is 5.75 Å². The summed E-state index contributed by atoms with van der Waals surface area (Å²) in [5.74, 6) is 7.53. The summed E-state index contributed by atoms with van der Waals surface area (Å²) in [5.41, 5.74) is 3.89. The van der Waals surface area contributed by atoms with Crippen molar-refractivity contribution in [2.75, 3.05) is 5.75 Å². The van der Waals surface area contributed by atoms with E-state index in [0.29, 0.717) is 0 Å². The average Bonchev–Trinajstić information content (AvgIpc) is 2.53. The highest BCUT2D eigenvalue weighted by molar-refractivity contribution is 7.99. The van der Waals surface area contributed by atoms with Crippen LogP contribution in [-0.4, -0.2) is 22.9 Å². The smallest absolute Gasteiger partial charge is 0.133 e. The molecule has 0 spiro atoms. The molecule has 20 heavy (non-hydrogen) atoms. The highest BCUT2D eigenvalue weighted by Gasteiger charge is 2.27. The van der Waals surface area contributed by atoms with Crippen LogP contribution in [0.4, 0.5) is 0 Å². The molecule has 0 radical (unpaired) electrons. The standard InChI is InChI=1S/C15H17N3OS/c16-18-12(9-11-5-3-4-8-17-11)14-10-20-15-7-2-1-6-13(15)19-14/h1-8,12,14,18H,9-10,16H2. The summed E-state index contributed by atoms with van der Waals surface area (Å²) < 4.78 is 6.07. The van der Waals surface area contributed by atoms with E-state index < -0.39 is 0 Å². The molecule has 3 N–H and O–H groups in total. The van der Waals surface area contributed by atoms with Crippen LogP contribution >= 0.6 is 11.8 Å². The molecule has 2 heterocycles. The van der Waals surface area contributed by atoms with Crippen molar-refractivity contribution in [2.24, 2.45) is 5.84 Å². The topological polar surface area (TPSA) is 60.2 Å². The number of rotatable bonds is 4. The number of pyridine rings is 1. The van der Waals surface area contributed by atoms with E-state index in [1.807, 2.05) is 48.2 Å². The summed E-state index contributed by atoms with van der Waals surface area (Å²) in [6.07, 6.45) is 2.60. The summed E-state index contributed by atoms with van der Waals surface area (Å²) in [7, 11) is 0. The van der Waals surface area contributed by atoms with E-state index in [2.05, 4.69) is 16.5 Å². The molecule has 2 aromatic rings. The average molecular weight is 287 g/mol. The van der Waals surface area contributed by atoms with Gasteiger partial charge < -0.3 is 4.74 Å². The maximum Gasteiger partial charge on any atom is 0.133 e. The summed E-state index contributed by atoms with van der Waals surface area (Å²) >= 11 is 1.81. The molecule has 2 atom stereocenters. The number of benzene rings is 1. The second-order valence-electron chi connectivity index (χ2n) is 4.71. The minimum absolute atomic E-state index is 0.0434. The molecular weight excluding hydrogens is 270 g/mol. The number of hydrogen-bond donors (Lipinski definition) is 2. The Morgan fingerprint density at radius 1 is 1.30 bits per heavy atom. The molecule has 5 heteroatoms. The van der Waals surface area contributed by atoms with Gasteiger partial charge in [-0.2, -0.15) is 0 Å². The van der Waals surface area contributed by atoms with Gasteiger partial charge in [0.15, 0.2) is 0 Å². The molecule has 0 fully saturated rings.